The third-order valence-electron chi connectivity index (χ3n) is 3.01. The number of carbonyl (C=O) groups is 1. The van der Waals surface area contributed by atoms with Crippen molar-refractivity contribution < 1.29 is 4.79 Å². The Balaban J connectivity index is 2.01. The zero-order chi connectivity index (χ0) is 11.7. The van der Waals surface area contributed by atoms with E-state index in [1.165, 1.54) is 5.69 Å². The van der Waals surface area contributed by atoms with Crippen LogP contribution in [0.2, 0.25) is 0 Å². The standard InChI is InChI=1S/C11H18N4O/c1-3-4-15-8(2)5-10(13-15)14-6-9(7-14)11(12)16/h5,9H,3-4,6-7H2,1-2H3,(H2,12,16). The SMILES string of the molecule is CCCn1nc(N2CC(C(N)=O)C2)cc1C. The zero-order valence-electron chi connectivity index (χ0n) is 9.81. The Kier molecular flexibility index (Phi) is 2.85. The summed E-state index contributed by atoms with van der Waals surface area (Å²) in [4.78, 5) is 13.0. The van der Waals surface area contributed by atoms with Crippen molar-refractivity contribution in [3.8, 4) is 0 Å². The number of hydrogen-bond acceptors (Lipinski definition) is 3. The lowest BCUT2D eigenvalue weighted by Crippen LogP contribution is -2.52. The highest BCUT2D eigenvalue weighted by Gasteiger charge is 2.32. The Labute approximate surface area is 95.2 Å². The first-order valence-corrected chi connectivity index (χ1v) is 5.70. The first-order chi connectivity index (χ1) is 7.61. The zero-order valence-corrected chi connectivity index (χ0v) is 9.81. The largest absolute Gasteiger partial charge is 0.369 e. The summed E-state index contributed by atoms with van der Waals surface area (Å²) >= 11 is 0. The average molecular weight is 222 g/mol. The highest BCUT2D eigenvalue weighted by molar-refractivity contribution is 5.79. The predicted octanol–water partition coefficient (Wildman–Crippen LogP) is 0.523. The van der Waals surface area contributed by atoms with E-state index in [0.29, 0.717) is 13.1 Å². The Hall–Kier alpha value is -1.52. The predicted molar refractivity (Wildman–Crippen MR) is 62.2 cm³/mol. The van der Waals surface area contributed by atoms with E-state index in [1.54, 1.807) is 0 Å². The molecule has 0 aliphatic carbocycles. The van der Waals surface area contributed by atoms with E-state index in [1.807, 2.05) is 4.68 Å². The van der Waals surface area contributed by atoms with Crippen LogP contribution in [0.3, 0.4) is 0 Å². The molecule has 1 aromatic heterocycles. The number of rotatable bonds is 4. The van der Waals surface area contributed by atoms with Gasteiger partial charge < -0.3 is 10.6 Å². The second-order valence-corrected chi connectivity index (χ2v) is 4.37. The van der Waals surface area contributed by atoms with Crippen LogP contribution < -0.4 is 10.6 Å². The van der Waals surface area contributed by atoms with Gasteiger partial charge in [0.1, 0.15) is 0 Å². The number of anilines is 1. The summed E-state index contributed by atoms with van der Waals surface area (Å²) in [5, 5.41) is 4.51. The molecule has 5 heteroatoms. The van der Waals surface area contributed by atoms with Gasteiger partial charge in [-0.05, 0) is 13.3 Å². The van der Waals surface area contributed by atoms with E-state index in [2.05, 4.69) is 29.9 Å². The Morgan fingerprint density at radius 1 is 1.62 bits per heavy atom. The Bertz CT molecular complexity index is 393. The molecular formula is C11H18N4O. The molecule has 1 aromatic rings. The van der Waals surface area contributed by atoms with Crippen molar-refractivity contribution in [1.29, 1.82) is 0 Å². The fourth-order valence-electron chi connectivity index (χ4n) is 1.93. The minimum absolute atomic E-state index is 0.00312. The molecule has 0 bridgehead atoms. The van der Waals surface area contributed by atoms with Crippen LogP contribution in [0.15, 0.2) is 6.07 Å². The van der Waals surface area contributed by atoms with Crippen LogP contribution in [0.1, 0.15) is 19.0 Å². The van der Waals surface area contributed by atoms with Crippen molar-refractivity contribution >= 4 is 11.7 Å². The molecule has 1 aliphatic rings. The summed E-state index contributed by atoms with van der Waals surface area (Å²) in [7, 11) is 0. The second-order valence-electron chi connectivity index (χ2n) is 4.37. The average Bonchev–Trinajstić information content (AvgIpc) is 2.45. The van der Waals surface area contributed by atoms with Crippen molar-refractivity contribution in [1.82, 2.24) is 9.78 Å². The van der Waals surface area contributed by atoms with Crippen LogP contribution >= 0.6 is 0 Å². The van der Waals surface area contributed by atoms with Crippen molar-refractivity contribution in [2.75, 3.05) is 18.0 Å². The number of primary amides is 1. The summed E-state index contributed by atoms with van der Waals surface area (Å²) in [5.41, 5.74) is 6.40. The summed E-state index contributed by atoms with van der Waals surface area (Å²) in [6.07, 6.45) is 1.08. The lowest BCUT2D eigenvalue weighted by atomic mass is 10.00. The number of aryl methyl sites for hydroxylation is 2. The third kappa shape index (κ3) is 1.89. The minimum atomic E-state index is -0.207. The van der Waals surface area contributed by atoms with Gasteiger partial charge in [0.25, 0.3) is 0 Å². The van der Waals surface area contributed by atoms with Gasteiger partial charge in [0.15, 0.2) is 5.82 Å². The molecule has 1 saturated heterocycles. The van der Waals surface area contributed by atoms with Crippen LogP contribution in [0.25, 0.3) is 0 Å². The van der Waals surface area contributed by atoms with Gasteiger partial charge in [-0.2, -0.15) is 5.10 Å². The van der Waals surface area contributed by atoms with E-state index >= 15 is 0 Å². The fourth-order valence-corrected chi connectivity index (χ4v) is 1.93. The first kappa shape index (κ1) is 11.0. The number of carbonyl (C=O) groups excluding carboxylic acids is 1. The maximum Gasteiger partial charge on any atom is 0.224 e. The molecule has 0 unspecified atom stereocenters. The molecule has 2 N–H and O–H groups in total. The minimum Gasteiger partial charge on any atom is -0.369 e. The van der Waals surface area contributed by atoms with Gasteiger partial charge in [0, 0.05) is 31.4 Å². The molecule has 2 rings (SSSR count). The van der Waals surface area contributed by atoms with Gasteiger partial charge in [0.05, 0.1) is 5.92 Å². The molecule has 0 saturated carbocycles. The van der Waals surface area contributed by atoms with Gasteiger partial charge in [-0.15, -0.1) is 0 Å². The van der Waals surface area contributed by atoms with Crippen LogP contribution in [-0.2, 0) is 11.3 Å². The first-order valence-electron chi connectivity index (χ1n) is 5.70. The molecule has 5 nitrogen and oxygen atoms in total. The fraction of sp³-hybridized carbons (Fsp3) is 0.636. The Morgan fingerprint density at radius 2 is 2.31 bits per heavy atom. The molecule has 1 aliphatic heterocycles. The maximum absolute atomic E-state index is 10.9. The highest BCUT2D eigenvalue weighted by atomic mass is 16.1. The van der Waals surface area contributed by atoms with E-state index in [9.17, 15) is 4.79 Å². The van der Waals surface area contributed by atoms with Crippen LogP contribution in [0, 0.1) is 12.8 Å². The summed E-state index contributed by atoms with van der Waals surface area (Å²) in [6.45, 7) is 6.54. The molecule has 0 atom stereocenters. The van der Waals surface area contributed by atoms with E-state index in [4.69, 9.17) is 5.73 Å². The van der Waals surface area contributed by atoms with Crippen LogP contribution in [0.4, 0.5) is 5.82 Å². The van der Waals surface area contributed by atoms with Crippen LogP contribution in [-0.4, -0.2) is 28.8 Å². The van der Waals surface area contributed by atoms with Gasteiger partial charge in [-0.3, -0.25) is 9.48 Å². The summed E-state index contributed by atoms with van der Waals surface area (Å²) in [6, 6.07) is 2.06. The molecule has 16 heavy (non-hydrogen) atoms. The van der Waals surface area contributed by atoms with Crippen LogP contribution in [0.5, 0.6) is 0 Å². The molecule has 0 aromatic carbocycles. The van der Waals surface area contributed by atoms with Crippen molar-refractivity contribution in [2.24, 2.45) is 11.7 Å². The number of aromatic nitrogens is 2. The number of hydrogen-bond donors (Lipinski definition) is 1. The second kappa shape index (κ2) is 4.15. The van der Waals surface area contributed by atoms with Gasteiger partial charge in [-0.1, -0.05) is 6.92 Å². The van der Waals surface area contributed by atoms with E-state index in [0.717, 1.165) is 18.8 Å². The number of nitrogens with two attached hydrogens (primary N) is 1. The van der Waals surface area contributed by atoms with Gasteiger partial charge in [0.2, 0.25) is 5.91 Å². The molecule has 1 fully saturated rings. The molecule has 0 spiro atoms. The normalized spacial score (nSPS) is 16.2. The molecular weight excluding hydrogens is 204 g/mol. The van der Waals surface area contributed by atoms with Crippen molar-refractivity contribution in [3.05, 3.63) is 11.8 Å². The van der Waals surface area contributed by atoms with Gasteiger partial charge >= 0.3 is 0 Å². The van der Waals surface area contributed by atoms with Gasteiger partial charge in [-0.25, -0.2) is 0 Å². The molecule has 0 radical (unpaired) electrons. The smallest absolute Gasteiger partial charge is 0.224 e. The Morgan fingerprint density at radius 3 is 2.88 bits per heavy atom. The lowest BCUT2D eigenvalue weighted by Gasteiger charge is -2.37. The third-order valence-corrected chi connectivity index (χ3v) is 3.01. The topological polar surface area (TPSA) is 64.2 Å². The van der Waals surface area contributed by atoms with Crippen molar-refractivity contribution in [3.63, 3.8) is 0 Å². The summed E-state index contributed by atoms with van der Waals surface area (Å²) in [5.74, 6) is 0.751. The summed E-state index contributed by atoms with van der Waals surface area (Å²) < 4.78 is 2.01. The quantitative estimate of drug-likeness (QED) is 0.808. The number of nitrogens with zero attached hydrogens (tertiary/aromatic N) is 3. The van der Waals surface area contributed by atoms with E-state index in [-0.39, 0.29) is 11.8 Å². The highest BCUT2D eigenvalue weighted by Crippen LogP contribution is 2.23. The molecule has 2 heterocycles. The molecule has 1 amide bonds. The monoisotopic (exact) mass is 222 g/mol. The van der Waals surface area contributed by atoms with E-state index < -0.39 is 0 Å². The lowest BCUT2D eigenvalue weighted by molar-refractivity contribution is -0.122. The molecule has 88 valence electrons. The number of amides is 1. The van der Waals surface area contributed by atoms with Crippen molar-refractivity contribution in [2.45, 2.75) is 26.8 Å². The maximum atomic E-state index is 10.9.